The molecule has 0 aliphatic carbocycles. The minimum Gasteiger partial charge on any atom is -0.497 e. The molecule has 2 heterocycles. The lowest BCUT2D eigenvalue weighted by atomic mass is 10.2. The molecular formula is C20H20N4O4S. The molecule has 0 unspecified atom stereocenters. The average molecular weight is 412 g/mol. The first kappa shape index (κ1) is 20.3. The molecule has 0 aliphatic heterocycles. The number of carbonyl (C=O) groups is 1. The summed E-state index contributed by atoms with van der Waals surface area (Å²) in [7, 11) is -0.874. The molecule has 0 atom stereocenters. The van der Waals surface area contributed by atoms with Crippen molar-refractivity contribution >= 4 is 21.6 Å². The van der Waals surface area contributed by atoms with Crippen molar-refractivity contribution in [3.8, 4) is 5.75 Å². The van der Waals surface area contributed by atoms with E-state index >= 15 is 0 Å². The number of anilines is 1. The fraction of sp³-hybridized carbons (Fsp3) is 0.150. The van der Waals surface area contributed by atoms with E-state index in [0.717, 1.165) is 9.87 Å². The molecule has 1 aromatic carbocycles. The Morgan fingerprint density at radius 1 is 1.14 bits per heavy atom. The third-order valence-electron chi connectivity index (χ3n) is 4.23. The first-order valence-corrected chi connectivity index (χ1v) is 10.1. The summed E-state index contributed by atoms with van der Waals surface area (Å²) < 4.78 is 31.9. The Bertz CT molecular complexity index is 1090. The lowest BCUT2D eigenvalue weighted by Gasteiger charge is -2.20. The Morgan fingerprint density at radius 3 is 2.55 bits per heavy atom. The Hall–Kier alpha value is -3.46. The number of pyridine rings is 2. The van der Waals surface area contributed by atoms with E-state index in [1.165, 1.54) is 44.6 Å². The molecule has 0 spiro atoms. The average Bonchev–Trinajstić information content (AvgIpc) is 2.77. The van der Waals surface area contributed by atoms with Gasteiger partial charge in [0.15, 0.2) is 0 Å². The van der Waals surface area contributed by atoms with Crippen LogP contribution < -0.4 is 14.4 Å². The number of aromatic nitrogens is 2. The van der Waals surface area contributed by atoms with Crippen LogP contribution in [0, 0.1) is 0 Å². The third-order valence-corrected chi connectivity index (χ3v) is 6.03. The Morgan fingerprint density at radius 2 is 1.90 bits per heavy atom. The summed E-state index contributed by atoms with van der Waals surface area (Å²) in [5.41, 5.74) is 1.28. The zero-order valence-electron chi connectivity index (χ0n) is 15.9. The molecule has 8 nitrogen and oxygen atoms in total. The highest BCUT2D eigenvalue weighted by molar-refractivity contribution is 7.92. The Labute approximate surface area is 169 Å². The Kier molecular flexibility index (Phi) is 6.08. The third kappa shape index (κ3) is 4.69. The monoisotopic (exact) mass is 412 g/mol. The van der Waals surface area contributed by atoms with Crippen LogP contribution in [0.3, 0.4) is 0 Å². The smallest absolute Gasteiger partial charge is 0.270 e. The van der Waals surface area contributed by atoms with Crippen LogP contribution in [-0.4, -0.2) is 38.5 Å². The van der Waals surface area contributed by atoms with Crippen molar-refractivity contribution in [3.05, 3.63) is 78.4 Å². The van der Waals surface area contributed by atoms with E-state index in [2.05, 4.69) is 15.3 Å². The van der Waals surface area contributed by atoms with Gasteiger partial charge >= 0.3 is 0 Å². The maximum atomic E-state index is 12.9. The van der Waals surface area contributed by atoms with Crippen LogP contribution in [0.2, 0.25) is 0 Å². The number of hydrogen-bond acceptors (Lipinski definition) is 6. The van der Waals surface area contributed by atoms with Gasteiger partial charge in [0.2, 0.25) is 0 Å². The maximum absolute atomic E-state index is 12.9. The number of hydrogen-bond donors (Lipinski definition) is 1. The second-order valence-corrected chi connectivity index (χ2v) is 8.06. The van der Waals surface area contributed by atoms with Crippen LogP contribution >= 0.6 is 0 Å². The van der Waals surface area contributed by atoms with Gasteiger partial charge in [0.1, 0.15) is 11.4 Å². The number of rotatable bonds is 7. The molecule has 3 aromatic rings. The molecule has 2 aromatic heterocycles. The quantitative estimate of drug-likeness (QED) is 0.639. The predicted molar refractivity (Wildman–Crippen MR) is 108 cm³/mol. The van der Waals surface area contributed by atoms with Crippen molar-refractivity contribution in [2.24, 2.45) is 0 Å². The van der Waals surface area contributed by atoms with E-state index in [1.54, 1.807) is 30.6 Å². The van der Waals surface area contributed by atoms with E-state index in [0.29, 0.717) is 18.0 Å². The summed E-state index contributed by atoms with van der Waals surface area (Å²) in [4.78, 5) is 20.6. The first-order chi connectivity index (χ1) is 13.9. The van der Waals surface area contributed by atoms with Gasteiger partial charge in [0.05, 0.1) is 17.7 Å². The van der Waals surface area contributed by atoms with E-state index in [-0.39, 0.29) is 10.6 Å². The van der Waals surface area contributed by atoms with E-state index in [4.69, 9.17) is 4.74 Å². The SMILES string of the molecule is COc1ccc(S(=O)(=O)N(C)c2ccnc(C(=O)NCc3cccnc3)c2)cc1. The topological polar surface area (TPSA) is 101 Å². The molecule has 1 amide bonds. The molecule has 0 fully saturated rings. The van der Waals surface area contributed by atoms with Gasteiger partial charge < -0.3 is 10.1 Å². The van der Waals surface area contributed by atoms with Crippen LogP contribution in [0.5, 0.6) is 5.75 Å². The Balaban J connectivity index is 1.77. The summed E-state index contributed by atoms with van der Waals surface area (Å²) in [6.45, 7) is 0.290. The van der Waals surface area contributed by atoms with Gasteiger partial charge in [-0.2, -0.15) is 0 Å². The fourth-order valence-corrected chi connectivity index (χ4v) is 3.75. The maximum Gasteiger partial charge on any atom is 0.270 e. The zero-order chi connectivity index (χ0) is 20.9. The molecule has 1 N–H and O–H groups in total. The highest BCUT2D eigenvalue weighted by atomic mass is 32.2. The standard InChI is InChI=1S/C20H20N4O4S/c1-24(29(26,27)18-7-5-17(28-2)6-8-18)16-9-11-22-19(12-16)20(25)23-14-15-4-3-10-21-13-15/h3-13H,14H2,1-2H3,(H,23,25). The number of nitrogens with one attached hydrogen (secondary N) is 1. The molecule has 29 heavy (non-hydrogen) atoms. The number of amides is 1. The fourth-order valence-electron chi connectivity index (χ4n) is 2.56. The molecule has 0 bridgehead atoms. The van der Waals surface area contributed by atoms with Gasteiger partial charge in [-0.25, -0.2) is 8.42 Å². The van der Waals surface area contributed by atoms with Gasteiger partial charge in [-0.05, 0) is 48.0 Å². The molecule has 3 rings (SSSR count). The van der Waals surface area contributed by atoms with Crippen molar-refractivity contribution in [3.63, 3.8) is 0 Å². The van der Waals surface area contributed by atoms with Crippen LogP contribution in [0.15, 0.2) is 72.0 Å². The minimum absolute atomic E-state index is 0.111. The number of nitrogens with zero attached hydrogens (tertiary/aromatic N) is 3. The first-order valence-electron chi connectivity index (χ1n) is 8.68. The van der Waals surface area contributed by atoms with E-state index < -0.39 is 15.9 Å². The van der Waals surface area contributed by atoms with Gasteiger partial charge in [-0.1, -0.05) is 6.07 Å². The van der Waals surface area contributed by atoms with Crippen molar-refractivity contribution < 1.29 is 17.9 Å². The number of benzene rings is 1. The normalized spacial score (nSPS) is 11.0. The van der Waals surface area contributed by atoms with Gasteiger partial charge in [-0.15, -0.1) is 0 Å². The van der Waals surface area contributed by atoms with Crippen molar-refractivity contribution in [1.29, 1.82) is 0 Å². The van der Waals surface area contributed by atoms with Crippen molar-refractivity contribution in [2.45, 2.75) is 11.4 Å². The van der Waals surface area contributed by atoms with Gasteiger partial charge in [0.25, 0.3) is 15.9 Å². The minimum atomic E-state index is -3.80. The largest absolute Gasteiger partial charge is 0.497 e. The van der Waals surface area contributed by atoms with Crippen LogP contribution in [-0.2, 0) is 16.6 Å². The lowest BCUT2D eigenvalue weighted by Crippen LogP contribution is -2.28. The van der Waals surface area contributed by atoms with Crippen LogP contribution in [0.1, 0.15) is 16.1 Å². The number of methoxy groups -OCH3 is 1. The predicted octanol–water partition coefficient (Wildman–Crippen LogP) is 2.24. The molecule has 0 saturated carbocycles. The summed E-state index contributed by atoms with van der Waals surface area (Å²) >= 11 is 0. The number of sulfonamides is 1. The van der Waals surface area contributed by atoms with Crippen LogP contribution in [0.4, 0.5) is 5.69 Å². The second-order valence-electron chi connectivity index (χ2n) is 6.09. The van der Waals surface area contributed by atoms with Crippen molar-refractivity contribution in [1.82, 2.24) is 15.3 Å². The van der Waals surface area contributed by atoms with Crippen molar-refractivity contribution in [2.75, 3.05) is 18.5 Å². The van der Waals surface area contributed by atoms with Gasteiger partial charge in [-0.3, -0.25) is 19.1 Å². The molecule has 0 saturated heterocycles. The number of ether oxygens (including phenoxy) is 1. The lowest BCUT2D eigenvalue weighted by molar-refractivity contribution is 0.0946. The molecule has 9 heteroatoms. The summed E-state index contributed by atoms with van der Waals surface area (Å²) in [6.07, 6.45) is 4.70. The van der Waals surface area contributed by atoms with Gasteiger partial charge in [0, 0.05) is 32.2 Å². The summed E-state index contributed by atoms with van der Waals surface area (Å²) in [5, 5.41) is 2.74. The molecule has 0 radical (unpaired) electrons. The highest BCUT2D eigenvalue weighted by Gasteiger charge is 2.22. The second kappa shape index (κ2) is 8.70. The molecule has 0 aliphatic rings. The van der Waals surface area contributed by atoms with E-state index in [1.807, 2.05) is 6.07 Å². The molecule has 150 valence electrons. The highest BCUT2D eigenvalue weighted by Crippen LogP contribution is 2.23. The zero-order valence-corrected chi connectivity index (χ0v) is 16.8. The number of carbonyl (C=O) groups excluding carboxylic acids is 1. The molecular weight excluding hydrogens is 392 g/mol. The summed E-state index contributed by atoms with van der Waals surface area (Å²) in [5.74, 6) is 0.147. The van der Waals surface area contributed by atoms with E-state index in [9.17, 15) is 13.2 Å². The van der Waals surface area contributed by atoms with Crippen LogP contribution in [0.25, 0.3) is 0 Å². The summed E-state index contributed by atoms with van der Waals surface area (Å²) in [6, 6.07) is 12.7.